The van der Waals surface area contributed by atoms with E-state index < -0.39 is 59.8 Å². The van der Waals surface area contributed by atoms with Gasteiger partial charge in [0.1, 0.15) is 30.5 Å². The van der Waals surface area contributed by atoms with E-state index in [0.29, 0.717) is 19.4 Å². The van der Waals surface area contributed by atoms with Gasteiger partial charge in [-0.05, 0) is 64.2 Å². The first-order valence-electron chi connectivity index (χ1n) is 19.2. The van der Waals surface area contributed by atoms with Crippen molar-refractivity contribution in [2.45, 2.75) is 147 Å². The molecular formula is C40H66O12S. The van der Waals surface area contributed by atoms with Crippen molar-refractivity contribution in [2.24, 2.45) is 0 Å². The first-order chi connectivity index (χ1) is 25.6. The van der Waals surface area contributed by atoms with Crippen LogP contribution in [0.25, 0.3) is 0 Å². The first-order valence-corrected chi connectivity index (χ1v) is 20.6. The highest BCUT2D eigenvalue weighted by atomic mass is 32.3. The Kier molecular flexibility index (Phi) is 29.2. The second-order valence-corrected chi connectivity index (χ2v) is 13.8. The Morgan fingerprint density at radius 2 is 1.30 bits per heavy atom. The van der Waals surface area contributed by atoms with Crippen LogP contribution in [0.15, 0.2) is 72.9 Å². The fourth-order valence-electron chi connectivity index (χ4n) is 5.21. The maximum atomic E-state index is 12.7. The number of esters is 1. The van der Waals surface area contributed by atoms with Crippen LogP contribution < -0.4 is 0 Å². The van der Waals surface area contributed by atoms with E-state index >= 15 is 0 Å². The first kappa shape index (κ1) is 48.6. The van der Waals surface area contributed by atoms with Gasteiger partial charge in [-0.2, -0.15) is 8.42 Å². The highest BCUT2D eigenvalue weighted by Gasteiger charge is 2.48. The number of unbranched alkanes of at least 4 members (excludes halogenated alkanes) is 6. The van der Waals surface area contributed by atoms with Crippen LogP contribution in [0.1, 0.15) is 110 Å². The van der Waals surface area contributed by atoms with Gasteiger partial charge in [0.2, 0.25) is 0 Å². The molecule has 0 aromatic heterocycles. The molecule has 0 spiro atoms. The Bertz CT molecular complexity index is 1210. The second-order valence-electron chi connectivity index (χ2n) is 12.8. The van der Waals surface area contributed by atoms with Crippen LogP contribution in [0.4, 0.5) is 0 Å². The molecule has 1 heterocycles. The molecule has 53 heavy (non-hydrogen) atoms. The fraction of sp³-hybridized carbons (Fsp3) is 0.675. The van der Waals surface area contributed by atoms with Gasteiger partial charge >= 0.3 is 16.4 Å². The molecular weight excluding hydrogens is 704 g/mol. The summed E-state index contributed by atoms with van der Waals surface area (Å²) in [7, 11) is -5.07. The van der Waals surface area contributed by atoms with Crippen LogP contribution in [-0.4, -0.2) is 97.5 Å². The Labute approximate surface area is 318 Å². The molecule has 304 valence electrons. The third-order valence-corrected chi connectivity index (χ3v) is 8.53. The summed E-state index contributed by atoms with van der Waals surface area (Å²) >= 11 is 0. The van der Waals surface area contributed by atoms with Gasteiger partial charge in [-0.25, -0.2) is 4.18 Å². The van der Waals surface area contributed by atoms with E-state index in [1.54, 1.807) is 0 Å². The van der Waals surface area contributed by atoms with Gasteiger partial charge in [-0.15, -0.1) is 0 Å². The van der Waals surface area contributed by atoms with E-state index in [0.717, 1.165) is 77.0 Å². The molecule has 0 saturated carbocycles. The summed E-state index contributed by atoms with van der Waals surface area (Å²) in [6.45, 7) is 3.53. The van der Waals surface area contributed by atoms with Crippen molar-refractivity contribution in [1.82, 2.24) is 0 Å². The molecule has 1 fully saturated rings. The van der Waals surface area contributed by atoms with Crippen LogP contribution in [0.2, 0.25) is 0 Å². The molecule has 4 N–H and O–H groups in total. The molecule has 0 aromatic carbocycles. The zero-order valence-electron chi connectivity index (χ0n) is 31.8. The molecule has 1 saturated heterocycles. The molecule has 6 unspecified atom stereocenters. The summed E-state index contributed by atoms with van der Waals surface area (Å²) in [6.07, 6.45) is 29.8. The largest absolute Gasteiger partial charge is 0.457 e. The molecule has 0 amide bonds. The van der Waals surface area contributed by atoms with E-state index in [2.05, 4.69) is 78.8 Å². The van der Waals surface area contributed by atoms with Crippen molar-refractivity contribution < 1.29 is 56.2 Å². The highest BCUT2D eigenvalue weighted by molar-refractivity contribution is 7.80. The summed E-state index contributed by atoms with van der Waals surface area (Å²) < 4.78 is 58.6. The maximum Gasteiger partial charge on any atom is 0.397 e. The summed E-state index contributed by atoms with van der Waals surface area (Å²) in [5.74, 6) is -0.441. The van der Waals surface area contributed by atoms with Crippen molar-refractivity contribution >= 4 is 16.4 Å². The molecule has 6 atom stereocenters. The monoisotopic (exact) mass is 770 g/mol. The molecule has 0 aliphatic carbocycles. The van der Waals surface area contributed by atoms with E-state index in [9.17, 15) is 28.5 Å². The van der Waals surface area contributed by atoms with Crippen LogP contribution >= 0.6 is 0 Å². The van der Waals surface area contributed by atoms with E-state index in [4.69, 9.17) is 23.5 Å². The Morgan fingerprint density at radius 1 is 0.736 bits per heavy atom. The Hall–Kier alpha value is -2.46. The minimum Gasteiger partial charge on any atom is -0.457 e. The standard InChI is InChI=1S/C40H66O12S/c1-3-5-7-9-11-13-15-16-17-18-19-20-22-24-26-28-30-48-32-34(50-36(42)29-27-25-23-21-14-12-10-8-6-4-2)33-49-40-38(44)39(52-53(45,46)47)37(43)35(31-41)51-40/h5,7-8,10-11,13,16-17,19-20,24,26,34-35,37-41,43-44H,3-4,6,9,12,14-15,18,21-23,25,27-33H2,1-2H3,(H,45,46,47)/b7-5-,10-8-,13-11-,17-16-,20-19-,26-24-. The lowest BCUT2D eigenvalue weighted by molar-refractivity contribution is -0.301. The summed E-state index contributed by atoms with van der Waals surface area (Å²) in [5, 5.41) is 30.5. The number of allylic oxidation sites excluding steroid dienone is 11. The van der Waals surface area contributed by atoms with Gasteiger partial charge < -0.3 is 34.3 Å². The molecule has 0 bridgehead atoms. The average molecular weight is 771 g/mol. The summed E-state index contributed by atoms with van der Waals surface area (Å²) in [5.41, 5.74) is 0. The third kappa shape index (κ3) is 26.1. The number of rotatable bonds is 31. The van der Waals surface area contributed by atoms with E-state index in [1.807, 2.05) is 12.2 Å². The van der Waals surface area contributed by atoms with Crippen LogP contribution in [0.5, 0.6) is 0 Å². The van der Waals surface area contributed by atoms with Gasteiger partial charge in [0.15, 0.2) is 6.29 Å². The smallest absolute Gasteiger partial charge is 0.397 e. The number of ether oxygens (including phenoxy) is 4. The van der Waals surface area contributed by atoms with Gasteiger partial charge in [0.05, 0.1) is 26.4 Å². The number of carbonyl (C=O) groups is 1. The van der Waals surface area contributed by atoms with Gasteiger partial charge in [-0.3, -0.25) is 9.35 Å². The molecule has 1 aliphatic heterocycles. The quantitative estimate of drug-likeness (QED) is 0.0252. The molecule has 1 aliphatic rings. The van der Waals surface area contributed by atoms with Crippen molar-refractivity contribution in [3.8, 4) is 0 Å². The predicted molar refractivity (Wildman–Crippen MR) is 206 cm³/mol. The van der Waals surface area contributed by atoms with Crippen LogP contribution in [0, 0.1) is 0 Å². The second kappa shape index (κ2) is 31.8. The molecule has 12 nitrogen and oxygen atoms in total. The van der Waals surface area contributed by atoms with Crippen molar-refractivity contribution in [3.63, 3.8) is 0 Å². The zero-order valence-corrected chi connectivity index (χ0v) is 32.6. The fourth-order valence-corrected chi connectivity index (χ4v) is 5.72. The molecule has 0 aromatic rings. The van der Waals surface area contributed by atoms with Crippen molar-refractivity contribution in [3.05, 3.63) is 72.9 Å². The SMILES string of the molecule is CC/C=C\C/C=C\C/C=C\C/C=C\C/C=C\CCOCC(COC1OC(CO)C(O)C(OS(=O)(=O)O)C1O)OC(=O)CCCCCCC/C=C\CCC. The minimum absolute atomic E-state index is 0.0260. The van der Waals surface area contributed by atoms with Gasteiger partial charge in [0, 0.05) is 6.42 Å². The van der Waals surface area contributed by atoms with E-state index in [-0.39, 0.29) is 19.6 Å². The number of hydrogen-bond acceptors (Lipinski definition) is 11. The minimum atomic E-state index is -5.07. The number of aliphatic hydroxyl groups excluding tert-OH is 3. The topological polar surface area (TPSA) is 178 Å². The lowest BCUT2D eigenvalue weighted by Crippen LogP contribution is -2.60. The Morgan fingerprint density at radius 3 is 1.91 bits per heavy atom. The summed E-state index contributed by atoms with van der Waals surface area (Å²) in [4.78, 5) is 12.7. The average Bonchev–Trinajstić information content (AvgIpc) is 3.12. The summed E-state index contributed by atoms with van der Waals surface area (Å²) in [6, 6.07) is 0. The predicted octanol–water partition coefficient (Wildman–Crippen LogP) is 6.79. The Balaban J connectivity index is 2.57. The van der Waals surface area contributed by atoms with Gasteiger partial charge in [-0.1, -0.05) is 112 Å². The lowest BCUT2D eigenvalue weighted by atomic mass is 9.99. The maximum absolute atomic E-state index is 12.7. The zero-order chi connectivity index (χ0) is 39.0. The van der Waals surface area contributed by atoms with Crippen molar-refractivity contribution in [1.29, 1.82) is 0 Å². The molecule has 1 rings (SSSR count). The number of carbonyl (C=O) groups excluding carboxylic acids is 1. The molecule has 13 heteroatoms. The van der Waals surface area contributed by atoms with E-state index in [1.165, 1.54) is 0 Å². The third-order valence-electron chi connectivity index (χ3n) is 8.06. The number of aliphatic hydroxyl groups is 3. The number of hydrogen-bond donors (Lipinski definition) is 4. The molecule has 0 radical (unpaired) electrons. The highest BCUT2D eigenvalue weighted by Crippen LogP contribution is 2.26. The van der Waals surface area contributed by atoms with Crippen LogP contribution in [0.3, 0.4) is 0 Å². The lowest BCUT2D eigenvalue weighted by Gasteiger charge is -2.41. The van der Waals surface area contributed by atoms with Gasteiger partial charge in [0.25, 0.3) is 0 Å². The van der Waals surface area contributed by atoms with Crippen LogP contribution in [-0.2, 0) is 38.3 Å². The van der Waals surface area contributed by atoms with Crippen molar-refractivity contribution in [2.75, 3.05) is 26.4 Å². The normalized spacial score (nSPS) is 22.1.